The van der Waals surface area contributed by atoms with Crippen LogP contribution < -0.4 is 10.1 Å². The molecule has 1 aliphatic rings. The molecule has 3 N–H and O–H groups in total. The molecule has 2 aromatic carbocycles. The van der Waals surface area contributed by atoms with Crippen LogP contribution in [0.5, 0.6) is 5.75 Å². The highest BCUT2D eigenvalue weighted by Crippen LogP contribution is 2.31. The summed E-state index contributed by atoms with van der Waals surface area (Å²) in [7, 11) is 1.32. The standard InChI is InChI=1S/C19H19NO5/c1-25-17-13(7-4-8-14(17)19(23)24)18(22)20-16-12-6-3-2-5-11(12)9-10-15(16)21/h2-8,15-16,21H,9-10H2,1H3,(H,20,22)(H,23,24)/t15-,16+/m1/s1. The van der Waals surface area contributed by atoms with Gasteiger partial charge >= 0.3 is 5.97 Å². The summed E-state index contributed by atoms with van der Waals surface area (Å²) >= 11 is 0. The van der Waals surface area contributed by atoms with E-state index in [0.29, 0.717) is 6.42 Å². The number of nitrogens with one attached hydrogen (secondary N) is 1. The molecule has 0 aliphatic heterocycles. The van der Waals surface area contributed by atoms with E-state index in [2.05, 4.69) is 5.32 Å². The Bertz CT molecular complexity index is 817. The van der Waals surface area contributed by atoms with Gasteiger partial charge in [0.15, 0.2) is 0 Å². The second-order valence-corrected chi connectivity index (χ2v) is 5.95. The molecule has 1 amide bonds. The van der Waals surface area contributed by atoms with Crippen molar-refractivity contribution in [2.75, 3.05) is 7.11 Å². The number of rotatable bonds is 4. The Labute approximate surface area is 145 Å². The van der Waals surface area contributed by atoms with Gasteiger partial charge in [-0.25, -0.2) is 4.79 Å². The maximum absolute atomic E-state index is 12.7. The molecule has 3 rings (SSSR count). The SMILES string of the molecule is COc1c(C(=O)O)cccc1C(=O)N[C@H]1c2ccccc2CC[C@H]1O. The number of para-hydroxylation sites is 1. The molecule has 2 atom stereocenters. The Morgan fingerprint density at radius 2 is 1.84 bits per heavy atom. The van der Waals surface area contributed by atoms with E-state index in [-0.39, 0.29) is 16.9 Å². The maximum atomic E-state index is 12.7. The molecule has 6 nitrogen and oxygen atoms in total. The van der Waals surface area contributed by atoms with Crippen LogP contribution in [0.15, 0.2) is 42.5 Å². The van der Waals surface area contributed by atoms with Crippen LogP contribution in [0.4, 0.5) is 0 Å². The first kappa shape index (κ1) is 17.0. The number of fused-ring (bicyclic) bond motifs is 1. The summed E-state index contributed by atoms with van der Waals surface area (Å²) in [5, 5.41) is 22.4. The van der Waals surface area contributed by atoms with Crippen LogP contribution in [0.25, 0.3) is 0 Å². The topological polar surface area (TPSA) is 95.9 Å². The van der Waals surface area contributed by atoms with Gasteiger partial charge in [-0.05, 0) is 36.1 Å². The van der Waals surface area contributed by atoms with E-state index in [9.17, 15) is 19.8 Å². The van der Waals surface area contributed by atoms with Crippen molar-refractivity contribution in [1.29, 1.82) is 0 Å². The summed E-state index contributed by atoms with van der Waals surface area (Å²) < 4.78 is 5.14. The minimum absolute atomic E-state index is 0.00563. The number of carboxylic acids is 1. The third-order valence-corrected chi connectivity index (χ3v) is 4.47. The van der Waals surface area contributed by atoms with Gasteiger partial charge < -0.3 is 20.3 Å². The molecular formula is C19H19NO5. The zero-order valence-electron chi connectivity index (χ0n) is 13.7. The third-order valence-electron chi connectivity index (χ3n) is 4.47. The van der Waals surface area contributed by atoms with E-state index in [0.717, 1.165) is 17.5 Å². The summed E-state index contributed by atoms with van der Waals surface area (Å²) in [5.74, 6) is -1.65. The lowest BCUT2D eigenvalue weighted by atomic mass is 9.85. The van der Waals surface area contributed by atoms with Gasteiger partial charge in [0, 0.05) is 0 Å². The highest BCUT2D eigenvalue weighted by Gasteiger charge is 2.30. The summed E-state index contributed by atoms with van der Waals surface area (Å²) in [4.78, 5) is 24.0. The minimum atomic E-state index is -1.17. The van der Waals surface area contributed by atoms with Crippen LogP contribution >= 0.6 is 0 Å². The number of aliphatic hydroxyl groups excluding tert-OH is 1. The normalized spacial score (nSPS) is 19.0. The van der Waals surface area contributed by atoms with Crippen molar-refractivity contribution < 1.29 is 24.5 Å². The van der Waals surface area contributed by atoms with Crippen LogP contribution in [0.2, 0.25) is 0 Å². The van der Waals surface area contributed by atoms with Crippen molar-refractivity contribution in [2.45, 2.75) is 25.0 Å². The van der Waals surface area contributed by atoms with Gasteiger partial charge in [0.2, 0.25) is 0 Å². The fourth-order valence-electron chi connectivity index (χ4n) is 3.24. The number of carbonyl (C=O) groups is 2. The monoisotopic (exact) mass is 341 g/mol. The predicted molar refractivity (Wildman–Crippen MR) is 90.9 cm³/mol. The molecule has 6 heteroatoms. The van der Waals surface area contributed by atoms with Gasteiger partial charge in [0.05, 0.1) is 24.8 Å². The number of aliphatic hydroxyl groups is 1. The van der Waals surface area contributed by atoms with E-state index < -0.39 is 24.0 Å². The molecule has 0 saturated carbocycles. The van der Waals surface area contributed by atoms with Crippen LogP contribution in [0, 0.1) is 0 Å². The summed E-state index contributed by atoms with van der Waals surface area (Å²) in [6.07, 6.45) is 0.600. The summed E-state index contributed by atoms with van der Waals surface area (Å²) in [5.41, 5.74) is 2.00. The zero-order chi connectivity index (χ0) is 18.0. The fourth-order valence-corrected chi connectivity index (χ4v) is 3.24. The molecule has 0 radical (unpaired) electrons. The minimum Gasteiger partial charge on any atom is -0.495 e. The lowest BCUT2D eigenvalue weighted by molar-refractivity contribution is 0.0693. The molecule has 0 fully saturated rings. The van der Waals surface area contributed by atoms with Crippen LogP contribution in [-0.4, -0.2) is 35.3 Å². The van der Waals surface area contributed by atoms with Crippen LogP contribution in [-0.2, 0) is 6.42 Å². The third kappa shape index (κ3) is 3.21. The van der Waals surface area contributed by atoms with Crippen LogP contribution in [0.1, 0.15) is 44.3 Å². The molecule has 0 spiro atoms. The highest BCUT2D eigenvalue weighted by atomic mass is 16.5. The van der Waals surface area contributed by atoms with Crippen molar-refractivity contribution in [3.8, 4) is 5.75 Å². The van der Waals surface area contributed by atoms with Crippen molar-refractivity contribution in [1.82, 2.24) is 5.32 Å². The summed E-state index contributed by atoms with van der Waals surface area (Å²) in [6.45, 7) is 0. The number of amides is 1. The second kappa shape index (κ2) is 6.94. The lowest BCUT2D eigenvalue weighted by Crippen LogP contribution is -2.39. The lowest BCUT2D eigenvalue weighted by Gasteiger charge is -2.31. The Hall–Kier alpha value is -2.86. The first-order chi connectivity index (χ1) is 12.0. The van der Waals surface area contributed by atoms with Gasteiger partial charge in [-0.2, -0.15) is 0 Å². The Morgan fingerprint density at radius 3 is 2.56 bits per heavy atom. The molecule has 0 bridgehead atoms. The van der Waals surface area contributed by atoms with E-state index >= 15 is 0 Å². The number of ether oxygens (including phenoxy) is 1. The Morgan fingerprint density at radius 1 is 1.12 bits per heavy atom. The van der Waals surface area contributed by atoms with Gasteiger partial charge in [-0.1, -0.05) is 30.3 Å². The van der Waals surface area contributed by atoms with Crippen molar-refractivity contribution in [3.05, 3.63) is 64.7 Å². The molecule has 0 heterocycles. The molecule has 0 unspecified atom stereocenters. The fraction of sp³-hybridized carbons (Fsp3) is 0.263. The van der Waals surface area contributed by atoms with Crippen molar-refractivity contribution >= 4 is 11.9 Å². The average Bonchev–Trinajstić information content (AvgIpc) is 2.63. The number of aromatic carboxylic acids is 1. The number of methoxy groups -OCH3 is 1. The molecule has 25 heavy (non-hydrogen) atoms. The van der Waals surface area contributed by atoms with Gasteiger partial charge in [0.25, 0.3) is 5.91 Å². The van der Waals surface area contributed by atoms with Crippen LogP contribution in [0.3, 0.4) is 0 Å². The Kier molecular flexibility index (Phi) is 4.72. The number of hydrogen-bond acceptors (Lipinski definition) is 4. The molecule has 130 valence electrons. The maximum Gasteiger partial charge on any atom is 0.339 e. The highest BCUT2D eigenvalue weighted by molar-refractivity contribution is 6.02. The van der Waals surface area contributed by atoms with E-state index in [1.807, 2.05) is 24.3 Å². The smallest absolute Gasteiger partial charge is 0.339 e. The van der Waals surface area contributed by atoms with Crippen molar-refractivity contribution in [3.63, 3.8) is 0 Å². The average molecular weight is 341 g/mol. The van der Waals surface area contributed by atoms with E-state index in [4.69, 9.17) is 4.74 Å². The van der Waals surface area contributed by atoms with E-state index in [1.54, 1.807) is 0 Å². The zero-order valence-corrected chi connectivity index (χ0v) is 13.7. The number of aryl methyl sites for hydroxylation is 1. The van der Waals surface area contributed by atoms with Gasteiger partial charge in [0.1, 0.15) is 11.3 Å². The number of carboxylic acid groups (broad SMARTS) is 1. The number of benzene rings is 2. The number of carbonyl (C=O) groups excluding carboxylic acids is 1. The Balaban J connectivity index is 1.93. The first-order valence-electron chi connectivity index (χ1n) is 8.00. The molecular weight excluding hydrogens is 322 g/mol. The number of hydrogen-bond donors (Lipinski definition) is 3. The second-order valence-electron chi connectivity index (χ2n) is 5.95. The first-order valence-corrected chi connectivity index (χ1v) is 8.00. The molecule has 2 aromatic rings. The summed E-state index contributed by atoms with van der Waals surface area (Å²) in [6, 6.07) is 11.5. The molecule has 1 aliphatic carbocycles. The quantitative estimate of drug-likeness (QED) is 0.792. The predicted octanol–water partition coefficient (Wildman–Crippen LogP) is 2.17. The largest absolute Gasteiger partial charge is 0.495 e. The van der Waals surface area contributed by atoms with Gasteiger partial charge in [-0.15, -0.1) is 0 Å². The van der Waals surface area contributed by atoms with Crippen molar-refractivity contribution in [2.24, 2.45) is 0 Å². The molecule has 0 saturated heterocycles. The van der Waals surface area contributed by atoms with Gasteiger partial charge in [-0.3, -0.25) is 4.79 Å². The van der Waals surface area contributed by atoms with E-state index in [1.165, 1.54) is 25.3 Å². The molecule has 0 aromatic heterocycles.